The predicted molar refractivity (Wildman–Crippen MR) is 72.6 cm³/mol. The molecular formula is C16H22O. The monoisotopic (exact) mass is 230 g/mol. The minimum Gasteiger partial charge on any atom is -0.498 e. The number of allylic oxidation sites excluding steroid dienone is 6. The van der Waals surface area contributed by atoms with Gasteiger partial charge >= 0.3 is 0 Å². The Bertz CT molecular complexity index is 371. The van der Waals surface area contributed by atoms with Crippen molar-refractivity contribution < 1.29 is 4.74 Å². The lowest BCUT2D eigenvalue weighted by atomic mass is 9.85. The summed E-state index contributed by atoms with van der Waals surface area (Å²) in [6, 6.07) is 0. The average molecular weight is 230 g/mol. The van der Waals surface area contributed by atoms with Crippen LogP contribution in [0.3, 0.4) is 0 Å². The van der Waals surface area contributed by atoms with Crippen LogP contribution in [-0.4, -0.2) is 6.61 Å². The van der Waals surface area contributed by atoms with Crippen LogP contribution >= 0.6 is 0 Å². The van der Waals surface area contributed by atoms with E-state index in [0.717, 1.165) is 31.6 Å². The highest BCUT2D eigenvalue weighted by Crippen LogP contribution is 2.33. The van der Waals surface area contributed by atoms with Gasteiger partial charge in [0.25, 0.3) is 0 Å². The molecule has 0 saturated carbocycles. The molecule has 1 heteroatoms. The zero-order chi connectivity index (χ0) is 12.1. The molecule has 1 heterocycles. The summed E-state index contributed by atoms with van der Waals surface area (Å²) in [5, 5.41) is 0. The summed E-state index contributed by atoms with van der Waals surface area (Å²) in [5.74, 6) is 1.50. The van der Waals surface area contributed by atoms with Crippen LogP contribution in [0.4, 0.5) is 0 Å². The molecule has 0 radical (unpaired) electrons. The highest BCUT2D eigenvalue weighted by Gasteiger charge is 2.22. The molecular weight excluding hydrogens is 208 g/mol. The number of hydrogen-bond donors (Lipinski definition) is 0. The van der Waals surface area contributed by atoms with Crippen LogP contribution in [0, 0.1) is 5.92 Å². The van der Waals surface area contributed by atoms with Gasteiger partial charge in [0.2, 0.25) is 0 Å². The molecule has 0 aromatic carbocycles. The maximum Gasteiger partial charge on any atom is 0.0945 e. The molecule has 1 aliphatic heterocycles. The van der Waals surface area contributed by atoms with Crippen LogP contribution in [0.5, 0.6) is 0 Å². The van der Waals surface area contributed by atoms with Crippen molar-refractivity contribution in [2.75, 3.05) is 6.61 Å². The van der Waals surface area contributed by atoms with E-state index in [-0.39, 0.29) is 0 Å². The van der Waals surface area contributed by atoms with E-state index in [9.17, 15) is 0 Å². The molecule has 1 saturated heterocycles. The molecule has 0 aromatic rings. The molecule has 1 nitrogen and oxygen atoms in total. The van der Waals surface area contributed by atoms with E-state index in [1.165, 1.54) is 18.4 Å². The fourth-order valence-corrected chi connectivity index (χ4v) is 2.58. The molecule has 1 atom stereocenters. The van der Waals surface area contributed by atoms with E-state index < -0.39 is 0 Å². The molecule has 2 aliphatic rings. The summed E-state index contributed by atoms with van der Waals surface area (Å²) in [6.07, 6.45) is 14.7. The van der Waals surface area contributed by atoms with Gasteiger partial charge in [0.05, 0.1) is 12.4 Å². The van der Waals surface area contributed by atoms with Crippen molar-refractivity contribution in [2.24, 2.45) is 5.92 Å². The number of hydrogen-bond acceptors (Lipinski definition) is 1. The van der Waals surface area contributed by atoms with Crippen LogP contribution in [0.2, 0.25) is 0 Å². The maximum atomic E-state index is 5.63. The maximum absolute atomic E-state index is 5.63. The van der Waals surface area contributed by atoms with Crippen molar-refractivity contribution >= 4 is 0 Å². The quantitative estimate of drug-likeness (QED) is 0.647. The summed E-state index contributed by atoms with van der Waals surface area (Å²) in [6.45, 7) is 6.95. The van der Waals surface area contributed by atoms with Crippen LogP contribution < -0.4 is 0 Å². The third-order valence-corrected chi connectivity index (χ3v) is 3.49. The average Bonchev–Trinajstić information content (AvgIpc) is 2.34. The zero-order valence-electron chi connectivity index (χ0n) is 10.7. The third-order valence-electron chi connectivity index (χ3n) is 3.49. The molecule has 0 amide bonds. The molecule has 2 rings (SSSR count). The van der Waals surface area contributed by atoms with Gasteiger partial charge in [-0.1, -0.05) is 49.0 Å². The Labute approximate surface area is 105 Å². The van der Waals surface area contributed by atoms with Crippen molar-refractivity contribution in [3.05, 3.63) is 47.8 Å². The largest absolute Gasteiger partial charge is 0.498 e. The molecule has 0 spiro atoms. The highest BCUT2D eigenvalue weighted by molar-refractivity contribution is 5.23. The van der Waals surface area contributed by atoms with Gasteiger partial charge in [0.1, 0.15) is 0 Å². The van der Waals surface area contributed by atoms with Crippen LogP contribution in [-0.2, 0) is 4.74 Å². The smallest absolute Gasteiger partial charge is 0.0945 e. The van der Waals surface area contributed by atoms with Crippen molar-refractivity contribution in [2.45, 2.75) is 39.0 Å². The van der Waals surface area contributed by atoms with Crippen molar-refractivity contribution in [3.63, 3.8) is 0 Å². The lowest BCUT2D eigenvalue weighted by Crippen LogP contribution is -2.19. The molecule has 0 bridgehead atoms. The van der Waals surface area contributed by atoms with Crippen molar-refractivity contribution in [1.82, 2.24) is 0 Å². The Morgan fingerprint density at radius 1 is 1.53 bits per heavy atom. The van der Waals surface area contributed by atoms with E-state index in [4.69, 9.17) is 4.74 Å². The van der Waals surface area contributed by atoms with Gasteiger partial charge in [0, 0.05) is 12.3 Å². The fourth-order valence-electron chi connectivity index (χ4n) is 2.58. The Morgan fingerprint density at radius 3 is 3.12 bits per heavy atom. The van der Waals surface area contributed by atoms with E-state index in [1.807, 2.05) is 0 Å². The van der Waals surface area contributed by atoms with E-state index >= 15 is 0 Å². The summed E-state index contributed by atoms with van der Waals surface area (Å²) in [4.78, 5) is 0. The topological polar surface area (TPSA) is 9.23 Å². The molecule has 1 aliphatic carbocycles. The van der Waals surface area contributed by atoms with Gasteiger partial charge in [-0.05, 0) is 25.7 Å². The Morgan fingerprint density at radius 2 is 2.41 bits per heavy atom. The second-order valence-electron chi connectivity index (χ2n) is 4.91. The van der Waals surface area contributed by atoms with E-state index in [0.29, 0.717) is 5.92 Å². The Hall–Kier alpha value is -1.24. The van der Waals surface area contributed by atoms with Gasteiger partial charge in [0.15, 0.2) is 0 Å². The van der Waals surface area contributed by atoms with Crippen molar-refractivity contribution in [1.29, 1.82) is 0 Å². The standard InChI is InChI=1S/C16H22O/c1-3-7-15-10-13(2)17-12-16(15)11-14-8-5-4-6-9-14/h4-5,7-8,16H,2-3,6,9-12H2,1H3/b15-7-/t16-/m0/s1. The Balaban J connectivity index is 2.02. The minimum atomic E-state index is 0.568. The lowest BCUT2D eigenvalue weighted by Gasteiger charge is -2.29. The zero-order valence-corrected chi connectivity index (χ0v) is 10.7. The van der Waals surface area contributed by atoms with Crippen LogP contribution in [0.15, 0.2) is 47.8 Å². The first-order valence-corrected chi connectivity index (χ1v) is 6.63. The van der Waals surface area contributed by atoms with Gasteiger partial charge in [-0.15, -0.1) is 0 Å². The molecule has 17 heavy (non-hydrogen) atoms. The van der Waals surface area contributed by atoms with E-state index in [2.05, 4.69) is 37.8 Å². The third kappa shape index (κ3) is 3.36. The molecule has 0 aromatic heterocycles. The molecule has 92 valence electrons. The second-order valence-corrected chi connectivity index (χ2v) is 4.91. The first-order valence-electron chi connectivity index (χ1n) is 6.63. The number of ether oxygens (including phenoxy) is 1. The molecule has 0 unspecified atom stereocenters. The van der Waals surface area contributed by atoms with Crippen molar-refractivity contribution in [3.8, 4) is 0 Å². The first kappa shape index (κ1) is 12.2. The van der Waals surface area contributed by atoms with Gasteiger partial charge < -0.3 is 4.74 Å². The lowest BCUT2D eigenvalue weighted by molar-refractivity contribution is 0.147. The van der Waals surface area contributed by atoms with E-state index in [1.54, 1.807) is 5.57 Å². The van der Waals surface area contributed by atoms with Gasteiger partial charge in [-0.2, -0.15) is 0 Å². The summed E-state index contributed by atoms with van der Waals surface area (Å²) >= 11 is 0. The van der Waals surface area contributed by atoms with Crippen LogP contribution in [0.1, 0.15) is 39.0 Å². The summed E-state index contributed by atoms with van der Waals surface area (Å²) in [7, 11) is 0. The SMILES string of the molecule is C=C1C/C(=C/CC)[C@@H](CC2=CC=CCC2)CO1. The van der Waals surface area contributed by atoms with Gasteiger partial charge in [-0.25, -0.2) is 0 Å². The second kappa shape index (κ2) is 5.90. The van der Waals surface area contributed by atoms with Gasteiger partial charge in [-0.3, -0.25) is 0 Å². The predicted octanol–water partition coefficient (Wildman–Crippen LogP) is 4.54. The summed E-state index contributed by atoms with van der Waals surface area (Å²) in [5.41, 5.74) is 3.09. The fraction of sp³-hybridized carbons (Fsp3) is 0.500. The first-order chi connectivity index (χ1) is 8.29. The number of rotatable bonds is 3. The Kier molecular flexibility index (Phi) is 4.24. The summed E-state index contributed by atoms with van der Waals surface area (Å²) < 4.78 is 5.63. The normalized spacial score (nSPS) is 26.9. The molecule has 0 N–H and O–H groups in total. The van der Waals surface area contributed by atoms with Crippen LogP contribution in [0.25, 0.3) is 0 Å². The highest BCUT2D eigenvalue weighted by atomic mass is 16.5. The minimum absolute atomic E-state index is 0.568. The molecule has 1 fully saturated rings.